The Balaban J connectivity index is 2.42. The van der Waals surface area contributed by atoms with Gasteiger partial charge in [-0.1, -0.05) is 31.9 Å². The molecule has 19 heavy (non-hydrogen) atoms. The van der Waals surface area contributed by atoms with Crippen molar-refractivity contribution in [3.8, 4) is 0 Å². The molecule has 1 aromatic rings. The van der Waals surface area contributed by atoms with Crippen LogP contribution in [0.3, 0.4) is 0 Å². The number of hydrogen-bond donors (Lipinski definition) is 1. The highest BCUT2D eigenvalue weighted by Crippen LogP contribution is 2.21. The summed E-state index contributed by atoms with van der Waals surface area (Å²) in [5, 5.41) is 9.91. The van der Waals surface area contributed by atoms with Crippen molar-refractivity contribution in [3.63, 3.8) is 0 Å². The van der Waals surface area contributed by atoms with Gasteiger partial charge in [0, 0.05) is 12.1 Å². The fourth-order valence-corrected chi connectivity index (χ4v) is 2.02. The summed E-state index contributed by atoms with van der Waals surface area (Å²) in [6.07, 6.45) is 2.93. The molecule has 1 aromatic carbocycles. The monoisotopic (exact) mass is 271 g/mol. The highest BCUT2D eigenvalue weighted by molar-refractivity contribution is 5.21. The molecule has 0 bridgehead atoms. The van der Waals surface area contributed by atoms with Gasteiger partial charge in [-0.15, -0.1) is 0 Å². The van der Waals surface area contributed by atoms with E-state index in [9.17, 15) is 13.9 Å². The molecule has 1 unspecified atom stereocenters. The molecule has 1 N–H and O–H groups in total. The minimum atomic E-state index is -0.954. The molecule has 1 rings (SSSR count). The maximum absolute atomic E-state index is 13.5. The Bertz CT molecular complexity index is 384. The van der Waals surface area contributed by atoms with Crippen LogP contribution in [0, 0.1) is 11.6 Å². The summed E-state index contributed by atoms with van der Waals surface area (Å²) in [6, 6.07) is 3.91. The van der Waals surface area contributed by atoms with Gasteiger partial charge in [0.25, 0.3) is 0 Å². The predicted octanol–water partition coefficient (Wildman–Crippen LogP) is 3.51. The molecule has 0 aliphatic heterocycles. The fourth-order valence-electron chi connectivity index (χ4n) is 2.02. The van der Waals surface area contributed by atoms with Crippen molar-refractivity contribution in [1.82, 2.24) is 4.90 Å². The van der Waals surface area contributed by atoms with Gasteiger partial charge in [0.2, 0.25) is 0 Å². The van der Waals surface area contributed by atoms with Crippen molar-refractivity contribution in [3.05, 3.63) is 35.4 Å². The number of nitrogens with zero attached hydrogens (tertiary/aromatic N) is 1. The van der Waals surface area contributed by atoms with Gasteiger partial charge in [-0.2, -0.15) is 0 Å². The maximum Gasteiger partial charge on any atom is 0.164 e. The largest absolute Gasteiger partial charge is 0.388 e. The van der Waals surface area contributed by atoms with E-state index in [0.717, 1.165) is 19.0 Å². The lowest BCUT2D eigenvalue weighted by Gasteiger charge is -2.19. The Morgan fingerprint density at radius 1 is 1.21 bits per heavy atom. The number of halogens is 2. The maximum atomic E-state index is 13.5. The average Bonchev–Trinajstić information content (AvgIpc) is 2.39. The average molecular weight is 271 g/mol. The van der Waals surface area contributed by atoms with E-state index in [1.165, 1.54) is 25.0 Å². The number of rotatable bonds is 8. The molecule has 0 saturated carbocycles. The van der Waals surface area contributed by atoms with Crippen molar-refractivity contribution in [1.29, 1.82) is 0 Å². The number of unbranched alkanes of at least 4 members (excludes halogenated alkanes) is 2. The first-order valence-electron chi connectivity index (χ1n) is 6.86. The molecule has 4 heteroatoms. The number of aliphatic hydroxyl groups is 1. The second-order valence-corrected chi connectivity index (χ2v) is 4.96. The van der Waals surface area contributed by atoms with E-state index in [4.69, 9.17) is 0 Å². The highest BCUT2D eigenvalue weighted by atomic mass is 19.2. The van der Waals surface area contributed by atoms with Crippen LogP contribution in [0.15, 0.2) is 18.2 Å². The summed E-state index contributed by atoms with van der Waals surface area (Å²) in [6.45, 7) is 3.78. The molecule has 0 fully saturated rings. The molecule has 0 aliphatic rings. The SMILES string of the molecule is CCCCCN(C)CCC(O)c1cccc(F)c1F. The van der Waals surface area contributed by atoms with E-state index >= 15 is 0 Å². The summed E-state index contributed by atoms with van der Waals surface area (Å²) in [7, 11) is 1.98. The quantitative estimate of drug-likeness (QED) is 0.731. The fraction of sp³-hybridized carbons (Fsp3) is 0.600. The Morgan fingerprint density at radius 3 is 2.63 bits per heavy atom. The van der Waals surface area contributed by atoms with Crippen LogP contribution < -0.4 is 0 Å². The van der Waals surface area contributed by atoms with Crippen molar-refractivity contribution >= 4 is 0 Å². The standard InChI is InChI=1S/C15H23F2NO/c1-3-4-5-10-18(2)11-9-14(19)12-7-6-8-13(16)15(12)17/h6-8,14,19H,3-5,9-11H2,1-2H3. The minimum Gasteiger partial charge on any atom is -0.388 e. The predicted molar refractivity (Wildman–Crippen MR) is 73.0 cm³/mol. The van der Waals surface area contributed by atoms with Crippen LogP contribution in [0.1, 0.15) is 44.3 Å². The van der Waals surface area contributed by atoms with E-state index in [1.807, 2.05) is 7.05 Å². The van der Waals surface area contributed by atoms with Gasteiger partial charge in [0.15, 0.2) is 11.6 Å². The Labute approximate surface area is 114 Å². The van der Waals surface area contributed by atoms with Crippen molar-refractivity contribution in [2.45, 2.75) is 38.7 Å². The molecular formula is C15H23F2NO. The van der Waals surface area contributed by atoms with Crippen molar-refractivity contribution < 1.29 is 13.9 Å². The molecule has 0 radical (unpaired) electrons. The molecule has 0 saturated heterocycles. The number of aliphatic hydroxyl groups excluding tert-OH is 1. The molecule has 0 aromatic heterocycles. The zero-order valence-electron chi connectivity index (χ0n) is 11.7. The topological polar surface area (TPSA) is 23.5 Å². The molecule has 0 amide bonds. The van der Waals surface area contributed by atoms with Crippen LogP contribution >= 0.6 is 0 Å². The van der Waals surface area contributed by atoms with Crippen LogP contribution in [-0.2, 0) is 0 Å². The van der Waals surface area contributed by atoms with Gasteiger partial charge in [-0.3, -0.25) is 0 Å². The van der Waals surface area contributed by atoms with Crippen molar-refractivity contribution in [2.24, 2.45) is 0 Å². The minimum absolute atomic E-state index is 0.0435. The van der Waals surface area contributed by atoms with Crippen LogP contribution in [0.5, 0.6) is 0 Å². The van der Waals surface area contributed by atoms with E-state index in [1.54, 1.807) is 0 Å². The van der Waals surface area contributed by atoms with E-state index < -0.39 is 17.7 Å². The van der Waals surface area contributed by atoms with Gasteiger partial charge in [0.1, 0.15) is 0 Å². The van der Waals surface area contributed by atoms with Gasteiger partial charge >= 0.3 is 0 Å². The zero-order chi connectivity index (χ0) is 14.3. The molecule has 0 spiro atoms. The van der Waals surface area contributed by atoms with Crippen LogP contribution in [0.4, 0.5) is 8.78 Å². The van der Waals surface area contributed by atoms with Gasteiger partial charge in [0.05, 0.1) is 6.10 Å². The highest BCUT2D eigenvalue weighted by Gasteiger charge is 2.16. The third-order valence-electron chi connectivity index (χ3n) is 3.27. The summed E-state index contributed by atoms with van der Waals surface area (Å²) < 4.78 is 26.5. The van der Waals surface area contributed by atoms with Crippen LogP contribution in [-0.4, -0.2) is 30.1 Å². The smallest absolute Gasteiger partial charge is 0.164 e. The van der Waals surface area contributed by atoms with Gasteiger partial charge < -0.3 is 10.0 Å². The summed E-state index contributed by atoms with van der Waals surface area (Å²) in [4.78, 5) is 2.11. The Morgan fingerprint density at radius 2 is 1.95 bits per heavy atom. The molecule has 1 atom stereocenters. The van der Waals surface area contributed by atoms with Gasteiger partial charge in [-0.05, 0) is 32.5 Å². The zero-order valence-corrected chi connectivity index (χ0v) is 11.7. The van der Waals surface area contributed by atoms with Crippen molar-refractivity contribution in [2.75, 3.05) is 20.1 Å². The molecule has 0 heterocycles. The lowest BCUT2D eigenvalue weighted by atomic mass is 10.1. The molecule has 2 nitrogen and oxygen atoms in total. The molecule has 0 aliphatic carbocycles. The van der Waals surface area contributed by atoms with E-state index in [0.29, 0.717) is 13.0 Å². The van der Waals surface area contributed by atoms with E-state index in [2.05, 4.69) is 11.8 Å². The first-order chi connectivity index (χ1) is 9.06. The lowest BCUT2D eigenvalue weighted by molar-refractivity contribution is 0.144. The third kappa shape index (κ3) is 5.25. The first-order valence-corrected chi connectivity index (χ1v) is 6.86. The second kappa shape index (κ2) is 8.23. The normalized spacial score (nSPS) is 12.9. The summed E-state index contributed by atoms with van der Waals surface area (Å²) >= 11 is 0. The molecule has 108 valence electrons. The summed E-state index contributed by atoms with van der Waals surface area (Å²) in [5.41, 5.74) is 0.0435. The Hall–Kier alpha value is -1.00. The first kappa shape index (κ1) is 16.1. The van der Waals surface area contributed by atoms with Crippen LogP contribution in [0.25, 0.3) is 0 Å². The molecular weight excluding hydrogens is 248 g/mol. The number of benzene rings is 1. The van der Waals surface area contributed by atoms with Crippen LogP contribution in [0.2, 0.25) is 0 Å². The third-order valence-corrected chi connectivity index (χ3v) is 3.27. The lowest BCUT2D eigenvalue weighted by Crippen LogP contribution is -2.22. The summed E-state index contributed by atoms with van der Waals surface area (Å²) in [5.74, 6) is -1.85. The second-order valence-electron chi connectivity index (χ2n) is 4.96. The Kier molecular flexibility index (Phi) is 6.95. The van der Waals surface area contributed by atoms with Gasteiger partial charge in [-0.25, -0.2) is 8.78 Å². The van der Waals surface area contributed by atoms with E-state index in [-0.39, 0.29) is 5.56 Å². The number of hydrogen-bond acceptors (Lipinski definition) is 2.